The highest BCUT2D eigenvalue weighted by molar-refractivity contribution is 7.19. The van der Waals surface area contributed by atoms with Crippen molar-refractivity contribution in [2.45, 2.75) is 18.9 Å². The monoisotopic (exact) mass is 420 g/mol. The minimum absolute atomic E-state index is 0.0163. The fourth-order valence-corrected chi connectivity index (χ4v) is 4.28. The molecule has 2 aromatic rings. The number of rotatable bonds is 6. The van der Waals surface area contributed by atoms with E-state index < -0.39 is 23.6 Å². The zero-order chi connectivity index (χ0) is 21.0. The molecule has 1 atom stereocenters. The third-order valence-corrected chi connectivity index (χ3v) is 5.73. The fraction of sp³-hybridized carbons (Fsp3) is 0.368. The molecule has 1 fully saturated rings. The largest absolute Gasteiger partial charge is 0.389 e. The smallest absolute Gasteiger partial charge is 0.273 e. The van der Waals surface area contributed by atoms with Crippen LogP contribution in [0.1, 0.15) is 23.3 Å². The third-order valence-electron chi connectivity index (χ3n) is 4.83. The lowest BCUT2D eigenvalue weighted by molar-refractivity contribution is 0.0950. The van der Waals surface area contributed by atoms with E-state index >= 15 is 0 Å². The predicted molar refractivity (Wildman–Crippen MR) is 111 cm³/mol. The topological polar surface area (TPSA) is 116 Å². The lowest BCUT2D eigenvalue weighted by atomic mass is 9.89. The van der Waals surface area contributed by atoms with Crippen molar-refractivity contribution in [3.05, 3.63) is 35.5 Å². The number of hydrogen-bond donors (Lipinski definition) is 4. The standard InChI is InChI=1S/C19H22F2N6OS/c1-24-15(10-5-7-25-8-6-10)13(9-22)26-18(28)16-17(23)29-19(27-16)14-11(20)3-2-4-12(14)21/h2-4,9-10,13,22,25H,5-8,23H2,1H3,(H,26,28). The second kappa shape index (κ2) is 9.19. The molecule has 1 aliphatic rings. The Labute approximate surface area is 171 Å². The summed E-state index contributed by atoms with van der Waals surface area (Å²) >= 11 is 0.831. The van der Waals surface area contributed by atoms with E-state index in [2.05, 4.69) is 20.6 Å². The van der Waals surface area contributed by atoms with Crippen LogP contribution in [0.3, 0.4) is 0 Å². The number of halogens is 2. The van der Waals surface area contributed by atoms with Gasteiger partial charge in [-0.3, -0.25) is 9.79 Å². The molecule has 29 heavy (non-hydrogen) atoms. The summed E-state index contributed by atoms with van der Waals surface area (Å²) in [6, 6.07) is 2.78. The molecule has 7 nitrogen and oxygen atoms in total. The minimum atomic E-state index is -0.783. The number of carbonyl (C=O) groups excluding carboxylic acids is 1. The van der Waals surface area contributed by atoms with Gasteiger partial charge >= 0.3 is 0 Å². The second-order valence-corrected chi connectivity index (χ2v) is 7.65. The van der Waals surface area contributed by atoms with Gasteiger partial charge in [-0.05, 0) is 38.1 Å². The van der Waals surface area contributed by atoms with E-state index in [1.54, 1.807) is 7.05 Å². The van der Waals surface area contributed by atoms with Crippen LogP contribution >= 0.6 is 11.3 Å². The summed E-state index contributed by atoms with van der Waals surface area (Å²) in [5, 5.41) is 13.7. The zero-order valence-corrected chi connectivity index (χ0v) is 16.7. The first kappa shape index (κ1) is 21.0. The Hall–Kier alpha value is -2.72. The van der Waals surface area contributed by atoms with Crippen molar-refractivity contribution in [1.29, 1.82) is 5.41 Å². The van der Waals surface area contributed by atoms with Crippen LogP contribution in [0.5, 0.6) is 0 Å². The van der Waals surface area contributed by atoms with Gasteiger partial charge in [0.2, 0.25) is 0 Å². The van der Waals surface area contributed by atoms with Gasteiger partial charge < -0.3 is 21.8 Å². The summed E-state index contributed by atoms with van der Waals surface area (Å²) in [6.07, 6.45) is 2.84. The van der Waals surface area contributed by atoms with Crippen molar-refractivity contribution in [1.82, 2.24) is 15.6 Å². The van der Waals surface area contributed by atoms with Gasteiger partial charge in [-0.25, -0.2) is 13.8 Å². The Morgan fingerprint density at radius 3 is 2.66 bits per heavy atom. The maximum Gasteiger partial charge on any atom is 0.273 e. The molecule has 1 unspecified atom stereocenters. The number of amides is 1. The number of thiazole rings is 1. The SMILES string of the molecule is CN=C(C1CCNCC1)C(C=N)NC(=O)c1nc(-c2c(F)cccc2F)sc1N. The number of nitrogens with two attached hydrogens (primary N) is 1. The van der Waals surface area contributed by atoms with Gasteiger partial charge in [-0.2, -0.15) is 0 Å². The maximum atomic E-state index is 14.0. The highest BCUT2D eigenvalue weighted by Gasteiger charge is 2.28. The van der Waals surface area contributed by atoms with Gasteiger partial charge in [0.1, 0.15) is 27.7 Å². The van der Waals surface area contributed by atoms with Crippen LogP contribution in [-0.4, -0.2) is 49.0 Å². The van der Waals surface area contributed by atoms with E-state index in [0.717, 1.165) is 55.6 Å². The minimum Gasteiger partial charge on any atom is -0.389 e. The summed E-state index contributed by atoms with van der Waals surface area (Å²) in [7, 11) is 1.64. The van der Waals surface area contributed by atoms with E-state index in [1.165, 1.54) is 6.07 Å². The van der Waals surface area contributed by atoms with Crippen LogP contribution in [0.25, 0.3) is 10.6 Å². The number of anilines is 1. The van der Waals surface area contributed by atoms with Crippen LogP contribution in [0, 0.1) is 23.0 Å². The second-order valence-electron chi connectivity index (χ2n) is 6.62. The summed E-state index contributed by atoms with van der Waals surface area (Å²) < 4.78 is 28.1. The number of carbonyl (C=O) groups is 1. The van der Waals surface area contributed by atoms with E-state index in [0.29, 0.717) is 5.71 Å². The molecular weight excluding hydrogens is 398 g/mol. The van der Waals surface area contributed by atoms with Gasteiger partial charge in [-0.15, -0.1) is 0 Å². The molecule has 3 rings (SSSR count). The number of nitrogens with zero attached hydrogens (tertiary/aromatic N) is 2. The molecule has 0 aliphatic carbocycles. The number of aliphatic imine (C=N–C) groups is 1. The van der Waals surface area contributed by atoms with Crippen LogP contribution in [0.15, 0.2) is 23.2 Å². The van der Waals surface area contributed by atoms with Crippen molar-refractivity contribution in [3.8, 4) is 10.6 Å². The van der Waals surface area contributed by atoms with Crippen molar-refractivity contribution in [2.75, 3.05) is 25.9 Å². The molecule has 0 bridgehead atoms. The van der Waals surface area contributed by atoms with Crippen molar-refractivity contribution in [3.63, 3.8) is 0 Å². The van der Waals surface area contributed by atoms with Crippen LogP contribution in [0.2, 0.25) is 0 Å². The Morgan fingerprint density at radius 2 is 2.07 bits per heavy atom. The molecular formula is C19H22F2N6OS. The summed E-state index contributed by atoms with van der Waals surface area (Å²) in [5.41, 5.74) is 6.17. The number of benzene rings is 1. The van der Waals surface area contributed by atoms with E-state index in [9.17, 15) is 13.6 Å². The number of piperidine rings is 1. The predicted octanol–water partition coefficient (Wildman–Crippen LogP) is 2.49. The fourth-order valence-electron chi connectivity index (χ4n) is 3.41. The molecule has 5 N–H and O–H groups in total. The normalized spacial score (nSPS) is 16.4. The molecule has 2 heterocycles. The summed E-state index contributed by atoms with van der Waals surface area (Å²) in [6.45, 7) is 1.69. The molecule has 1 aromatic heterocycles. The van der Waals surface area contributed by atoms with Crippen LogP contribution in [0.4, 0.5) is 13.8 Å². The van der Waals surface area contributed by atoms with Gasteiger partial charge in [0.25, 0.3) is 5.91 Å². The lowest BCUT2D eigenvalue weighted by Crippen LogP contribution is -2.47. The molecule has 0 radical (unpaired) electrons. The molecule has 1 amide bonds. The Bertz CT molecular complexity index is 919. The highest BCUT2D eigenvalue weighted by atomic mass is 32.1. The van der Waals surface area contributed by atoms with Gasteiger partial charge in [0.05, 0.1) is 5.56 Å². The van der Waals surface area contributed by atoms with E-state index in [-0.39, 0.29) is 27.2 Å². The third kappa shape index (κ3) is 4.48. The number of hydrogen-bond acceptors (Lipinski definition) is 7. The summed E-state index contributed by atoms with van der Waals surface area (Å²) in [4.78, 5) is 21.1. The van der Waals surface area contributed by atoms with Crippen molar-refractivity contribution < 1.29 is 13.6 Å². The Balaban J connectivity index is 1.83. The zero-order valence-electron chi connectivity index (χ0n) is 15.8. The van der Waals surface area contributed by atoms with Gasteiger partial charge in [-0.1, -0.05) is 17.4 Å². The molecule has 1 aliphatic heterocycles. The van der Waals surface area contributed by atoms with Gasteiger partial charge in [0, 0.05) is 24.9 Å². The Kier molecular flexibility index (Phi) is 6.65. The lowest BCUT2D eigenvalue weighted by Gasteiger charge is -2.27. The quantitative estimate of drug-likeness (QED) is 0.537. The first-order valence-electron chi connectivity index (χ1n) is 9.15. The van der Waals surface area contributed by atoms with E-state index in [1.807, 2.05) is 0 Å². The number of aromatic nitrogens is 1. The van der Waals surface area contributed by atoms with Crippen molar-refractivity contribution in [2.24, 2.45) is 10.9 Å². The first-order chi connectivity index (χ1) is 14.0. The molecule has 0 saturated carbocycles. The molecule has 154 valence electrons. The molecule has 1 saturated heterocycles. The summed E-state index contributed by atoms with van der Waals surface area (Å²) in [5.74, 6) is -2.03. The average Bonchev–Trinajstić information content (AvgIpc) is 3.09. The maximum absolute atomic E-state index is 14.0. The van der Waals surface area contributed by atoms with Crippen LogP contribution < -0.4 is 16.4 Å². The average molecular weight is 420 g/mol. The van der Waals surface area contributed by atoms with E-state index in [4.69, 9.17) is 11.1 Å². The molecule has 1 aromatic carbocycles. The molecule has 0 spiro atoms. The van der Waals surface area contributed by atoms with Gasteiger partial charge in [0.15, 0.2) is 5.69 Å². The molecule has 10 heteroatoms. The van der Waals surface area contributed by atoms with Crippen LogP contribution in [-0.2, 0) is 0 Å². The Morgan fingerprint density at radius 1 is 1.41 bits per heavy atom. The van der Waals surface area contributed by atoms with Crippen molar-refractivity contribution >= 4 is 34.2 Å². The number of nitrogen functional groups attached to an aromatic ring is 1. The first-order valence-corrected chi connectivity index (χ1v) is 9.97. The number of nitrogens with one attached hydrogen (secondary N) is 3. The highest BCUT2D eigenvalue weighted by Crippen LogP contribution is 2.33.